The maximum absolute atomic E-state index is 9.58. The van der Waals surface area contributed by atoms with E-state index in [1.807, 2.05) is 13.0 Å². The third-order valence-corrected chi connectivity index (χ3v) is 2.01. The smallest absolute Gasteiger partial charge is 0.115 e. The third-order valence-electron chi connectivity index (χ3n) is 2.01. The molecule has 0 amide bonds. The number of aliphatic hydroxyl groups is 1. The van der Waals surface area contributed by atoms with Crippen molar-refractivity contribution in [2.45, 2.75) is 19.4 Å². The lowest BCUT2D eigenvalue weighted by molar-refractivity contribution is 0.172. The molecule has 1 rings (SSSR count). The van der Waals surface area contributed by atoms with Crippen LogP contribution in [0.25, 0.3) is 0 Å². The molecular formula is C11H17NO2. The quantitative estimate of drug-likeness (QED) is 0.654. The van der Waals surface area contributed by atoms with Gasteiger partial charge in [0.1, 0.15) is 5.75 Å². The van der Waals surface area contributed by atoms with E-state index in [0.29, 0.717) is 13.0 Å². The van der Waals surface area contributed by atoms with E-state index in [1.54, 1.807) is 18.2 Å². The van der Waals surface area contributed by atoms with Crippen LogP contribution in [0, 0.1) is 0 Å². The summed E-state index contributed by atoms with van der Waals surface area (Å²) in [6.07, 6.45) is 0.179. The van der Waals surface area contributed by atoms with Gasteiger partial charge in [-0.05, 0) is 30.7 Å². The summed E-state index contributed by atoms with van der Waals surface area (Å²) < 4.78 is 0. The maximum atomic E-state index is 9.58. The van der Waals surface area contributed by atoms with Crippen molar-refractivity contribution in [1.82, 2.24) is 5.32 Å². The van der Waals surface area contributed by atoms with Gasteiger partial charge in [0.15, 0.2) is 0 Å². The summed E-state index contributed by atoms with van der Waals surface area (Å²) in [7, 11) is 0. The standard InChI is InChI=1S/C11H17NO2/c1-2-12-8-11(14)7-9-4-3-5-10(13)6-9/h3-6,11-14H,2,7-8H2,1H3. The Morgan fingerprint density at radius 3 is 2.86 bits per heavy atom. The zero-order valence-corrected chi connectivity index (χ0v) is 8.40. The fourth-order valence-electron chi connectivity index (χ4n) is 1.34. The summed E-state index contributed by atoms with van der Waals surface area (Å²) in [5.74, 6) is 0.248. The summed E-state index contributed by atoms with van der Waals surface area (Å²) in [6, 6.07) is 6.98. The molecule has 0 heterocycles. The van der Waals surface area contributed by atoms with E-state index in [9.17, 15) is 10.2 Å². The molecule has 1 aromatic carbocycles. The maximum Gasteiger partial charge on any atom is 0.115 e. The van der Waals surface area contributed by atoms with E-state index >= 15 is 0 Å². The van der Waals surface area contributed by atoms with Crippen LogP contribution in [0.1, 0.15) is 12.5 Å². The first-order valence-electron chi connectivity index (χ1n) is 4.89. The molecule has 0 aliphatic rings. The Balaban J connectivity index is 2.43. The van der Waals surface area contributed by atoms with Crippen molar-refractivity contribution in [3.8, 4) is 5.75 Å². The second-order valence-corrected chi connectivity index (χ2v) is 3.34. The molecule has 3 heteroatoms. The van der Waals surface area contributed by atoms with Crippen molar-refractivity contribution in [2.24, 2.45) is 0 Å². The summed E-state index contributed by atoms with van der Waals surface area (Å²) in [6.45, 7) is 3.45. The fraction of sp³-hybridized carbons (Fsp3) is 0.455. The Kier molecular flexibility index (Phi) is 4.43. The Hall–Kier alpha value is -1.06. The van der Waals surface area contributed by atoms with Gasteiger partial charge in [-0.3, -0.25) is 0 Å². The monoisotopic (exact) mass is 195 g/mol. The topological polar surface area (TPSA) is 52.5 Å². The minimum atomic E-state index is -0.392. The lowest BCUT2D eigenvalue weighted by Gasteiger charge is -2.10. The van der Waals surface area contributed by atoms with Gasteiger partial charge in [-0.25, -0.2) is 0 Å². The molecule has 1 aromatic rings. The molecule has 0 aliphatic heterocycles. The normalized spacial score (nSPS) is 12.7. The molecule has 0 radical (unpaired) electrons. The van der Waals surface area contributed by atoms with Crippen molar-refractivity contribution in [3.05, 3.63) is 29.8 Å². The van der Waals surface area contributed by atoms with Crippen LogP contribution in [0.2, 0.25) is 0 Å². The minimum absolute atomic E-state index is 0.248. The number of benzene rings is 1. The number of phenolic OH excluding ortho intramolecular Hbond substituents is 1. The predicted molar refractivity (Wildman–Crippen MR) is 56.4 cm³/mol. The van der Waals surface area contributed by atoms with Crippen LogP contribution in [0.15, 0.2) is 24.3 Å². The highest BCUT2D eigenvalue weighted by Gasteiger charge is 2.04. The first-order valence-corrected chi connectivity index (χ1v) is 4.89. The van der Waals surface area contributed by atoms with Crippen molar-refractivity contribution in [3.63, 3.8) is 0 Å². The van der Waals surface area contributed by atoms with Gasteiger partial charge in [0.2, 0.25) is 0 Å². The lowest BCUT2D eigenvalue weighted by Crippen LogP contribution is -2.28. The zero-order chi connectivity index (χ0) is 10.4. The van der Waals surface area contributed by atoms with Crippen LogP contribution in [0.4, 0.5) is 0 Å². The van der Waals surface area contributed by atoms with Gasteiger partial charge in [-0.15, -0.1) is 0 Å². The molecular weight excluding hydrogens is 178 g/mol. The van der Waals surface area contributed by atoms with Gasteiger partial charge in [0.25, 0.3) is 0 Å². The van der Waals surface area contributed by atoms with Crippen LogP contribution in [0.5, 0.6) is 5.75 Å². The Labute approximate surface area is 84.4 Å². The number of phenols is 1. The van der Waals surface area contributed by atoms with E-state index < -0.39 is 6.10 Å². The Morgan fingerprint density at radius 1 is 1.43 bits per heavy atom. The predicted octanol–water partition coefficient (Wildman–Crippen LogP) is 0.905. The number of aliphatic hydroxyl groups excluding tert-OH is 1. The van der Waals surface area contributed by atoms with Crippen molar-refractivity contribution in [2.75, 3.05) is 13.1 Å². The van der Waals surface area contributed by atoms with Gasteiger partial charge in [-0.1, -0.05) is 19.1 Å². The fourth-order valence-corrected chi connectivity index (χ4v) is 1.34. The van der Waals surface area contributed by atoms with Crippen LogP contribution in [0.3, 0.4) is 0 Å². The first-order chi connectivity index (χ1) is 6.72. The second-order valence-electron chi connectivity index (χ2n) is 3.34. The van der Waals surface area contributed by atoms with Gasteiger partial charge in [0.05, 0.1) is 6.10 Å². The SMILES string of the molecule is CCNCC(O)Cc1cccc(O)c1. The number of aromatic hydroxyl groups is 1. The molecule has 3 nitrogen and oxygen atoms in total. The summed E-state index contributed by atoms with van der Waals surface area (Å²) in [5.41, 5.74) is 0.954. The van der Waals surface area contributed by atoms with Crippen molar-refractivity contribution >= 4 is 0 Å². The van der Waals surface area contributed by atoms with Crippen molar-refractivity contribution < 1.29 is 10.2 Å². The van der Waals surface area contributed by atoms with E-state index in [-0.39, 0.29) is 5.75 Å². The minimum Gasteiger partial charge on any atom is -0.508 e. The molecule has 0 bridgehead atoms. The average molecular weight is 195 g/mol. The molecule has 0 fully saturated rings. The highest BCUT2D eigenvalue weighted by atomic mass is 16.3. The highest BCUT2D eigenvalue weighted by molar-refractivity contribution is 5.27. The highest BCUT2D eigenvalue weighted by Crippen LogP contribution is 2.12. The van der Waals surface area contributed by atoms with Gasteiger partial charge in [0, 0.05) is 6.54 Å². The number of nitrogens with one attached hydrogen (secondary N) is 1. The number of hydrogen-bond donors (Lipinski definition) is 3. The lowest BCUT2D eigenvalue weighted by atomic mass is 10.1. The molecule has 78 valence electrons. The third kappa shape index (κ3) is 3.77. The zero-order valence-electron chi connectivity index (χ0n) is 8.40. The average Bonchev–Trinajstić information content (AvgIpc) is 2.15. The van der Waals surface area contributed by atoms with Crippen molar-refractivity contribution in [1.29, 1.82) is 0 Å². The number of rotatable bonds is 5. The molecule has 1 atom stereocenters. The molecule has 0 aliphatic carbocycles. The summed E-state index contributed by atoms with van der Waals surface area (Å²) in [4.78, 5) is 0. The number of hydrogen-bond acceptors (Lipinski definition) is 3. The molecule has 0 saturated carbocycles. The molecule has 0 saturated heterocycles. The van der Waals surface area contributed by atoms with E-state index in [4.69, 9.17) is 0 Å². The van der Waals surface area contributed by atoms with E-state index in [1.165, 1.54) is 0 Å². The largest absolute Gasteiger partial charge is 0.508 e. The van der Waals surface area contributed by atoms with Crippen LogP contribution in [-0.2, 0) is 6.42 Å². The van der Waals surface area contributed by atoms with Crippen LogP contribution in [-0.4, -0.2) is 29.4 Å². The molecule has 1 unspecified atom stereocenters. The Bertz CT molecular complexity index is 276. The molecule has 3 N–H and O–H groups in total. The van der Waals surface area contributed by atoms with Gasteiger partial charge < -0.3 is 15.5 Å². The Morgan fingerprint density at radius 2 is 2.21 bits per heavy atom. The van der Waals surface area contributed by atoms with Crippen LogP contribution < -0.4 is 5.32 Å². The molecule has 0 aromatic heterocycles. The van der Waals surface area contributed by atoms with E-state index in [2.05, 4.69) is 5.32 Å². The number of likely N-dealkylation sites (N-methyl/N-ethyl adjacent to an activating group) is 1. The first kappa shape index (κ1) is 11.0. The second kappa shape index (κ2) is 5.62. The summed E-state index contributed by atoms with van der Waals surface area (Å²) >= 11 is 0. The molecule has 14 heavy (non-hydrogen) atoms. The molecule has 0 spiro atoms. The van der Waals surface area contributed by atoms with Crippen LogP contribution >= 0.6 is 0 Å². The van der Waals surface area contributed by atoms with E-state index in [0.717, 1.165) is 12.1 Å². The van der Waals surface area contributed by atoms with Gasteiger partial charge >= 0.3 is 0 Å². The summed E-state index contributed by atoms with van der Waals surface area (Å²) in [5, 5.41) is 21.9. The van der Waals surface area contributed by atoms with Gasteiger partial charge in [-0.2, -0.15) is 0 Å².